The van der Waals surface area contributed by atoms with Crippen LogP contribution in [0, 0.1) is 0 Å². The van der Waals surface area contributed by atoms with Crippen LogP contribution in [-0.2, 0) is 0 Å². The molecule has 1 aromatic rings. The first-order chi connectivity index (χ1) is 7.69. The van der Waals surface area contributed by atoms with Gasteiger partial charge in [0.25, 0.3) is 0 Å². The lowest BCUT2D eigenvalue weighted by Gasteiger charge is -2.21. The normalized spacial score (nSPS) is 14.6. The van der Waals surface area contributed by atoms with Gasteiger partial charge in [-0.15, -0.1) is 0 Å². The predicted octanol–water partition coefficient (Wildman–Crippen LogP) is 4.91. The monoisotopic (exact) mass is 358 g/mol. The third-order valence-corrected chi connectivity index (χ3v) is 5.06. The van der Waals surface area contributed by atoms with Crippen LogP contribution in [0.3, 0.4) is 0 Å². The van der Waals surface area contributed by atoms with Crippen molar-refractivity contribution in [2.24, 2.45) is 0 Å². The van der Waals surface area contributed by atoms with E-state index in [0.29, 0.717) is 29.2 Å². The average Bonchev–Trinajstić information content (AvgIpc) is 2.29. The van der Waals surface area contributed by atoms with Crippen molar-refractivity contribution >= 4 is 65.0 Å². The maximum absolute atomic E-state index is 11.9. The second-order valence-electron chi connectivity index (χ2n) is 3.07. The molecule has 7 heteroatoms. The second kappa shape index (κ2) is 5.40. The smallest absolute Gasteiger partial charge is 0.171 e. The number of rotatable bonds is 2. The minimum absolute atomic E-state index is 0.0395. The summed E-state index contributed by atoms with van der Waals surface area (Å²) < 4.78 is 6.25. The summed E-state index contributed by atoms with van der Waals surface area (Å²) in [5, 5.41) is 0. The molecule has 0 fully saturated rings. The Hall–Kier alpha value is 0.450. The van der Waals surface area contributed by atoms with Gasteiger partial charge >= 0.3 is 0 Å². The first-order valence-electron chi connectivity index (χ1n) is 4.28. The molecule has 0 radical (unpaired) electrons. The summed E-state index contributed by atoms with van der Waals surface area (Å²) in [4.78, 5) is 13.3. The minimum atomic E-state index is 0.0395. The van der Waals surface area contributed by atoms with Crippen LogP contribution < -0.4 is 4.74 Å². The van der Waals surface area contributed by atoms with Crippen LogP contribution in [0.2, 0.25) is 0 Å². The highest BCUT2D eigenvalue weighted by Crippen LogP contribution is 2.46. The van der Waals surface area contributed by atoms with E-state index in [1.54, 1.807) is 6.07 Å². The molecule has 2 rings (SSSR count). The third kappa shape index (κ3) is 2.20. The van der Waals surface area contributed by atoms with E-state index in [-0.39, 0.29) is 5.78 Å². The predicted molar refractivity (Wildman–Crippen MR) is 72.0 cm³/mol. The quantitative estimate of drug-likeness (QED) is 0.749. The van der Waals surface area contributed by atoms with Gasteiger partial charge in [-0.1, -0.05) is 0 Å². The van der Waals surface area contributed by atoms with Crippen molar-refractivity contribution in [1.29, 1.82) is 0 Å². The zero-order chi connectivity index (χ0) is 11.7. The fraction of sp³-hybridized carbons (Fsp3) is 0.222. The van der Waals surface area contributed by atoms with Gasteiger partial charge in [-0.25, -0.2) is 0 Å². The van der Waals surface area contributed by atoms with Crippen LogP contribution in [0.25, 0.3) is 0 Å². The molecule has 0 spiro atoms. The van der Waals surface area contributed by atoms with E-state index < -0.39 is 0 Å². The zero-order valence-electron chi connectivity index (χ0n) is 7.76. The van der Waals surface area contributed by atoms with E-state index in [1.807, 2.05) is 0 Å². The number of ether oxygens (including phenoxy) is 1. The third-order valence-electron chi connectivity index (χ3n) is 2.17. The molecule has 1 aliphatic rings. The average molecular weight is 360 g/mol. The highest BCUT2D eigenvalue weighted by molar-refractivity contribution is 9.10. The van der Waals surface area contributed by atoms with Crippen molar-refractivity contribution in [1.82, 2.24) is 0 Å². The molecule has 16 heavy (non-hydrogen) atoms. The Labute approximate surface area is 119 Å². The fourth-order valence-corrected chi connectivity index (χ4v) is 4.23. The van der Waals surface area contributed by atoms with E-state index in [2.05, 4.69) is 15.9 Å². The first kappa shape index (κ1) is 12.9. The molecule has 0 unspecified atom stereocenters. The molecule has 0 N–H and O–H groups in total. The molecular weight excluding hydrogens is 355 g/mol. The summed E-state index contributed by atoms with van der Waals surface area (Å²) in [6, 6.07) is 1.81. The Kier molecular flexibility index (Phi) is 4.35. The van der Waals surface area contributed by atoms with Crippen molar-refractivity contribution in [3.63, 3.8) is 0 Å². The van der Waals surface area contributed by atoms with Crippen molar-refractivity contribution < 1.29 is 9.53 Å². The lowest BCUT2D eigenvalue weighted by Crippen LogP contribution is -2.17. The van der Waals surface area contributed by atoms with Gasteiger partial charge in [-0.3, -0.25) is 4.79 Å². The number of ketones is 1. The molecule has 1 aromatic carbocycles. The topological polar surface area (TPSA) is 26.3 Å². The van der Waals surface area contributed by atoms with Gasteiger partial charge in [0.2, 0.25) is 0 Å². The summed E-state index contributed by atoms with van der Waals surface area (Å²) in [6.45, 7) is 0.393. The Morgan fingerprint density at radius 1 is 1.38 bits per heavy atom. The van der Waals surface area contributed by atoms with Crippen molar-refractivity contribution in [2.45, 2.75) is 16.2 Å². The molecule has 86 valence electrons. The van der Waals surface area contributed by atoms with Crippen molar-refractivity contribution in [3.05, 3.63) is 16.1 Å². The molecule has 0 saturated heterocycles. The number of carbonyl (C=O) groups excluding carboxylic acids is 1. The van der Waals surface area contributed by atoms with E-state index in [9.17, 15) is 4.79 Å². The number of halogens is 3. The highest BCUT2D eigenvalue weighted by atomic mass is 79.9. The Morgan fingerprint density at radius 3 is 2.75 bits per heavy atom. The number of benzene rings is 1. The van der Waals surface area contributed by atoms with Gasteiger partial charge in [0.05, 0.1) is 22.0 Å². The van der Waals surface area contributed by atoms with Gasteiger partial charge in [-0.05, 0) is 65.3 Å². The van der Waals surface area contributed by atoms with Crippen LogP contribution in [0.15, 0.2) is 20.3 Å². The van der Waals surface area contributed by atoms with E-state index in [1.165, 1.54) is 0 Å². The summed E-state index contributed by atoms with van der Waals surface area (Å²) in [6.07, 6.45) is 0.375. The summed E-state index contributed by atoms with van der Waals surface area (Å²) in [7, 11) is 13.5. The molecule has 0 saturated carbocycles. The molecule has 0 bridgehead atoms. The zero-order valence-corrected chi connectivity index (χ0v) is 12.5. The van der Waals surface area contributed by atoms with Crippen LogP contribution in [0.4, 0.5) is 0 Å². The molecule has 0 aromatic heterocycles. The fourth-order valence-electron chi connectivity index (χ4n) is 1.49. The summed E-state index contributed by atoms with van der Waals surface area (Å²) in [5.74, 6) is 0.584. The minimum Gasteiger partial charge on any atom is -0.491 e. The summed E-state index contributed by atoms with van der Waals surface area (Å²) >= 11 is 3.37. The van der Waals surface area contributed by atoms with E-state index in [4.69, 9.17) is 26.1 Å². The maximum Gasteiger partial charge on any atom is 0.171 e. The number of Topliss-reactive ketones (excluding diaryl/α,β-unsaturated/α-hetero) is 1. The molecule has 1 heterocycles. The van der Waals surface area contributed by atoms with Crippen LogP contribution in [0.5, 0.6) is 5.75 Å². The molecule has 0 aliphatic carbocycles. The SMILES string of the molecule is O=C1CCOc2c(SCl)cc(Br)c(SCl)c21. The largest absolute Gasteiger partial charge is 0.491 e. The first-order valence-corrected chi connectivity index (χ1v) is 8.36. The number of hydrogen-bond donors (Lipinski definition) is 0. The van der Waals surface area contributed by atoms with Crippen LogP contribution in [0.1, 0.15) is 16.8 Å². The van der Waals surface area contributed by atoms with Crippen molar-refractivity contribution in [3.8, 4) is 5.75 Å². The van der Waals surface area contributed by atoms with E-state index >= 15 is 0 Å². The maximum atomic E-state index is 11.9. The number of hydrogen-bond acceptors (Lipinski definition) is 4. The molecule has 0 amide bonds. The van der Waals surface area contributed by atoms with Crippen LogP contribution >= 0.6 is 59.2 Å². The molecule has 1 aliphatic heterocycles. The molecule has 2 nitrogen and oxygen atoms in total. The number of carbonyl (C=O) groups is 1. The van der Waals surface area contributed by atoms with Crippen LogP contribution in [-0.4, -0.2) is 12.4 Å². The van der Waals surface area contributed by atoms with Gasteiger partial charge in [0.1, 0.15) is 5.75 Å². The van der Waals surface area contributed by atoms with Gasteiger partial charge in [0.15, 0.2) is 5.78 Å². The standard InChI is InChI=1S/C9H5BrCl2O2S2/c10-4-3-6(15-11)8-7(9(4)16-12)5(13)1-2-14-8/h3H,1-2H2. The molecular formula is C9H5BrCl2O2S2. The van der Waals surface area contributed by atoms with Gasteiger partial charge in [0, 0.05) is 10.9 Å². The van der Waals surface area contributed by atoms with E-state index in [0.717, 1.165) is 31.3 Å². The van der Waals surface area contributed by atoms with Gasteiger partial charge < -0.3 is 4.74 Å². The van der Waals surface area contributed by atoms with Gasteiger partial charge in [-0.2, -0.15) is 0 Å². The Balaban J connectivity index is 2.70. The van der Waals surface area contributed by atoms with Crippen molar-refractivity contribution in [2.75, 3.05) is 6.61 Å². The second-order valence-corrected chi connectivity index (χ2v) is 6.00. The summed E-state index contributed by atoms with van der Waals surface area (Å²) in [5.41, 5.74) is 0.531. The lowest BCUT2D eigenvalue weighted by molar-refractivity contribution is 0.0927. The molecule has 0 atom stereocenters. The highest BCUT2D eigenvalue weighted by Gasteiger charge is 2.27. The number of fused-ring (bicyclic) bond motifs is 1. The Morgan fingerprint density at radius 2 is 2.12 bits per heavy atom. The lowest BCUT2D eigenvalue weighted by atomic mass is 10.1. The Bertz CT molecular complexity index is 454.